The molecule has 0 aliphatic carbocycles. The zero-order valence-electron chi connectivity index (χ0n) is 13.8. The summed E-state index contributed by atoms with van der Waals surface area (Å²) >= 11 is 0. The predicted octanol–water partition coefficient (Wildman–Crippen LogP) is 4.92. The Labute approximate surface area is 132 Å². The van der Waals surface area contributed by atoms with Crippen molar-refractivity contribution in [1.82, 2.24) is 4.79 Å². The normalized spacial score (nSPS) is 10.7. The van der Waals surface area contributed by atoms with Crippen LogP contribution in [-0.2, 0) is 4.74 Å². The quantitative estimate of drug-likeness (QED) is 0.406. The number of carbonyl (C=O) groups is 1. The average molecular weight is 313 g/mol. The molecule has 22 heavy (non-hydrogen) atoms. The molecule has 0 spiro atoms. The second-order valence-electron chi connectivity index (χ2n) is 5.42. The van der Waals surface area contributed by atoms with E-state index >= 15 is 0 Å². The third kappa shape index (κ3) is 6.96. The van der Waals surface area contributed by atoms with E-state index in [9.17, 15) is 9.28 Å². The van der Waals surface area contributed by atoms with E-state index in [4.69, 9.17) is 9.47 Å². The minimum atomic E-state index is -0.674. The molecule has 0 fully saturated rings. The first-order valence-corrected chi connectivity index (χ1v) is 8.37. The van der Waals surface area contributed by atoms with Crippen LogP contribution >= 0.6 is 0 Å². The van der Waals surface area contributed by atoms with Crippen molar-refractivity contribution < 1.29 is 18.7 Å². The van der Waals surface area contributed by atoms with E-state index in [-0.39, 0.29) is 17.1 Å². The highest BCUT2D eigenvalue weighted by Gasteiger charge is 2.15. The monoisotopic (exact) mass is 313 g/mol. The molecule has 0 saturated heterocycles. The molecule has 1 heterocycles. The van der Waals surface area contributed by atoms with Crippen LogP contribution in [0.25, 0.3) is 0 Å². The van der Waals surface area contributed by atoms with Gasteiger partial charge in [-0.1, -0.05) is 56.4 Å². The number of rotatable bonds is 12. The highest BCUT2D eigenvalue weighted by atomic mass is 19.2. The number of ether oxygens (including phenoxy) is 2. The van der Waals surface area contributed by atoms with E-state index in [1.807, 2.05) is 0 Å². The van der Waals surface area contributed by atoms with Gasteiger partial charge in [-0.25, -0.2) is 4.79 Å². The van der Waals surface area contributed by atoms with Crippen LogP contribution in [0, 0.1) is 0 Å². The van der Waals surface area contributed by atoms with Gasteiger partial charge in [0.15, 0.2) is 5.69 Å². The van der Waals surface area contributed by atoms with Gasteiger partial charge in [-0.15, -0.1) is 0 Å². The maximum atomic E-state index is 13.5. The number of hydrogen-bond acceptors (Lipinski definition) is 3. The summed E-state index contributed by atoms with van der Waals surface area (Å²) in [6.07, 6.45) is 10.9. The van der Waals surface area contributed by atoms with E-state index in [0.717, 1.165) is 19.0 Å². The Morgan fingerprint density at radius 3 is 2.36 bits per heavy atom. The number of unbranched alkanes of at least 4 members (excludes halogenated alkanes) is 7. The number of aromatic nitrogens is 1. The van der Waals surface area contributed by atoms with Gasteiger partial charge in [0.2, 0.25) is 0 Å². The molecule has 0 aromatic carbocycles. The molecule has 0 aliphatic heterocycles. The summed E-state index contributed by atoms with van der Waals surface area (Å²) in [5.74, 6) is -0.305. The molecule has 0 atom stereocenters. The fraction of sp³-hybridized carbons (Fsp3) is 0.706. The van der Waals surface area contributed by atoms with Gasteiger partial charge in [-0.3, -0.25) is 0 Å². The van der Waals surface area contributed by atoms with Crippen LogP contribution in [0.15, 0.2) is 12.3 Å². The van der Waals surface area contributed by atoms with Crippen molar-refractivity contribution in [2.75, 3.05) is 13.2 Å². The van der Waals surface area contributed by atoms with Crippen LogP contribution in [0.3, 0.4) is 0 Å². The van der Waals surface area contributed by atoms with Crippen LogP contribution < -0.4 is 4.74 Å². The van der Waals surface area contributed by atoms with E-state index in [1.165, 1.54) is 44.6 Å². The number of nitrogens with zero attached hydrogens (tertiary/aromatic N) is 1. The first kappa shape index (κ1) is 18.5. The number of carbonyl (C=O) groups excluding carboxylic acids is 1. The van der Waals surface area contributed by atoms with Crippen LogP contribution in [0.4, 0.5) is 4.48 Å². The van der Waals surface area contributed by atoms with E-state index < -0.39 is 5.97 Å². The van der Waals surface area contributed by atoms with E-state index in [1.54, 1.807) is 6.92 Å². The molecule has 4 nitrogen and oxygen atoms in total. The number of esters is 1. The van der Waals surface area contributed by atoms with Crippen LogP contribution in [0.5, 0.6) is 5.75 Å². The maximum absolute atomic E-state index is 13.5. The molecule has 1 rings (SSSR count). The zero-order valence-corrected chi connectivity index (χ0v) is 13.8. The van der Waals surface area contributed by atoms with Gasteiger partial charge < -0.3 is 9.47 Å². The Bertz CT molecular complexity index is 432. The van der Waals surface area contributed by atoms with Gasteiger partial charge in [-0.2, -0.15) is 4.79 Å². The first-order chi connectivity index (χ1) is 10.7. The van der Waals surface area contributed by atoms with Crippen molar-refractivity contribution in [1.29, 1.82) is 0 Å². The molecule has 0 bridgehead atoms. The molecule has 1 aromatic heterocycles. The molecule has 5 heteroatoms. The lowest BCUT2D eigenvalue weighted by molar-refractivity contribution is 0.0502. The van der Waals surface area contributed by atoms with Crippen LogP contribution in [-0.4, -0.2) is 24.0 Å². The minimum Gasteiger partial charge on any atom is -0.492 e. The molecule has 126 valence electrons. The predicted molar refractivity (Wildman–Crippen MR) is 85.0 cm³/mol. The maximum Gasteiger partial charge on any atom is 0.357 e. The zero-order chi connectivity index (χ0) is 16.2. The summed E-state index contributed by atoms with van der Waals surface area (Å²) in [6, 6.07) is 1.38. The van der Waals surface area contributed by atoms with Gasteiger partial charge in [0.05, 0.1) is 19.4 Å². The molecule has 0 unspecified atom stereocenters. The van der Waals surface area contributed by atoms with E-state index in [2.05, 4.69) is 6.92 Å². The number of halogens is 1. The molecular weight excluding hydrogens is 285 g/mol. The van der Waals surface area contributed by atoms with Gasteiger partial charge in [-0.05, 0) is 13.3 Å². The summed E-state index contributed by atoms with van der Waals surface area (Å²) in [7, 11) is 0. The van der Waals surface area contributed by atoms with E-state index in [0.29, 0.717) is 12.4 Å². The third-order valence-electron chi connectivity index (χ3n) is 3.50. The standard InChI is InChI=1S/C17H28FNO3/c1-3-5-6-7-8-9-10-11-12-22-15-13-16(19(18)14-15)17(20)21-4-2/h13-14H,3-12H2,1-2H3. The van der Waals surface area contributed by atoms with Gasteiger partial charge >= 0.3 is 5.97 Å². The lowest BCUT2D eigenvalue weighted by Gasteiger charge is -2.03. The highest BCUT2D eigenvalue weighted by molar-refractivity contribution is 5.88. The molecule has 0 amide bonds. The van der Waals surface area contributed by atoms with Crippen molar-refractivity contribution in [3.63, 3.8) is 0 Å². The minimum absolute atomic E-state index is 0.132. The van der Waals surface area contributed by atoms with Crippen LogP contribution in [0.2, 0.25) is 0 Å². The second-order valence-corrected chi connectivity index (χ2v) is 5.42. The molecule has 0 N–H and O–H groups in total. The SMILES string of the molecule is CCCCCCCCCCOc1cc(C(=O)OCC)n(F)c1. The Hall–Kier alpha value is -1.52. The summed E-state index contributed by atoms with van der Waals surface area (Å²) in [5, 5.41) is 0. The Morgan fingerprint density at radius 1 is 1.09 bits per heavy atom. The largest absolute Gasteiger partial charge is 0.492 e. The summed E-state index contributed by atoms with van der Waals surface area (Å²) in [5.41, 5.74) is -0.132. The first-order valence-electron chi connectivity index (χ1n) is 8.37. The fourth-order valence-electron chi connectivity index (χ4n) is 2.27. The Kier molecular flexibility index (Phi) is 9.35. The van der Waals surface area contributed by atoms with Gasteiger partial charge in [0.25, 0.3) is 0 Å². The average Bonchev–Trinajstić information content (AvgIpc) is 2.87. The third-order valence-corrected chi connectivity index (χ3v) is 3.50. The van der Waals surface area contributed by atoms with Crippen molar-refractivity contribution >= 4 is 5.97 Å². The van der Waals surface area contributed by atoms with Crippen LogP contribution in [0.1, 0.15) is 75.7 Å². The smallest absolute Gasteiger partial charge is 0.357 e. The fourth-order valence-corrected chi connectivity index (χ4v) is 2.27. The van der Waals surface area contributed by atoms with Gasteiger partial charge in [0.1, 0.15) is 5.75 Å². The molecule has 1 aromatic rings. The molecule has 0 radical (unpaired) electrons. The highest BCUT2D eigenvalue weighted by Crippen LogP contribution is 2.18. The van der Waals surface area contributed by atoms with Gasteiger partial charge in [0, 0.05) is 6.07 Å². The summed E-state index contributed by atoms with van der Waals surface area (Å²) in [4.78, 5) is 11.7. The lowest BCUT2D eigenvalue weighted by Crippen LogP contribution is -2.07. The molecule has 0 saturated carbocycles. The van der Waals surface area contributed by atoms with Crippen molar-refractivity contribution in [2.45, 2.75) is 65.2 Å². The topological polar surface area (TPSA) is 40.5 Å². The Morgan fingerprint density at radius 2 is 1.73 bits per heavy atom. The van der Waals surface area contributed by atoms with Crippen molar-refractivity contribution in [3.05, 3.63) is 18.0 Å². The number of hydrogen-bond donors (Lipinski definition) is 0. The molecule has 0 aliphatic rings. The Balaban J connectivity index is 2.15. The summed E-state index contributed by atoms with van der Waals surface area (Å²) in [6.45, 7) is 4.66. The van der Waals surface area contributed by atoms with Crippen molar-refractivity contribution in [3.8, 4) is 5.75 Å². The lowest BCUT2D eigenvalue weighted by atomic mass is 10.1. The van der Waals surface area contributed by atoms with Crippen molar-refractivity contribution in [2.24, 2.45) is 0 Å². The second kappa shape index (κ2) is 11.1. The summed E-state index contributed by atoms with van der Waals surface area (Å²) < 4.78 is 23.7. The molecular formula is C17H28FNO3.